The molecule has 35 heavy (non-hydrogen) atoms. The van der Waals surface area contributed by atoms with Gasteiger partial charge in [0.2, 0.25) is 0 Å². The monoisotopic (exact) mass is 503 g/mol. The second-order valence-electron chi connectivity index (χ2n) is 8.97. The van der Waals surface area contributed by atoms with Gasteiger partial charge < -0.3 is 24.0 Å². The molecule has 1 aromatic heterocycles. The fourth-order valence-corrected chi connectivity index (χ4v) is 4.63. The number of likely N-dealkylation sites (N-methyl/N-ethyl adjacent to an activating group) is 1. The van der Waals surface area contributed by atoms with Crippen LogP contribution >= 0.6 is 11.6 Å². The second-order valence-corrected chi connectivity index (χ2v) is 9.32. The number of fused-ring (bicyclic) bond motifs is 1. The highest BCUT2D eigenvalue weighted by molar-refractivity contribution is 6.19. The number of halogens is 1. The van der Waals surface area contributed by atoms with Gasteiger partial charge >= 0.3 is 0 Å². The number of aromatic nitrogens is 1. The summed E-state index contributed by atoms with van der Waals surface area (Å²) in [5.41, 5.74) is 1.32. The molecule has 3 fully saturated rings. The van der Waals surface area contributed by atoms with Gasteiger partial charge in [-0.2, -0.15) is 14.9 Å². The van der Waals surface area contributed by atoms with Crippen molar-refractivity contribution in [3.63, 3.8) is 0 Å². The first-order valence-corrected chi connectivity index (χ1v) is 12.5. The molecule has 4 heterocycles. The van der Waals surface area contributed by atoms with E-state index in [0.717, 1.165) is 57.2 Å². The quantitative estimate of drug-likeness (QED) is 0.395. The van der Waals surface area contributed by atoms with E-state index in [0.29, 0.717) is 53.5 Å². The first kappa shape index (κ1) is 24.3. The minimum Gasteiger partial charge on any atom is -0.493 e. The van der Waals surface area contributed by atoms with E-state index in [4.69, 9.17) is 35.5 Å². The van der Waals surface area contributed by atoms with Crippen molar-refractivity contribution < 1.29 is 23.9 Å². The van der Waals surface area contributed by atoms with Gasteiger partial charge in [0.25, 0.3) is 5.75 Å². The lowest BCUT2D eigenvalue weighted by molar-refractivity contribution is -0.305. The number of nitrogens with zero attached hydrogens (tertiary/aromatic N) is 5. The zero-order valence-corrected chi connectivity index (χ0v) is 20.6. The van der Waals surface area contributed by atoms with Crippen LogP contribution in [0.3, 0.4) is 0 Å². The molecule has 0 amide bonds. The number of benzene rings is 1. The Morgan fingerprint density at radius 1 is 1.17 bits per heavy atom. The molecule has 0 saturated carbocycles. The molecule has 2 aromatic rings. The maximum atomic E-state index is 9.70. The number of pyridine rings is 1. The molecule has 5 rings (SSSR count). The zero-order valence-electron chi connectivity index (χ0n) is 19.8. The van der Waals surface area contributed by atoms with E-state index >= 15 is 0 Å². The van der Waals surface area contributed by atoms with Crippen LogP contribution < -0.4 is 14.7 Å². The Labute approximate surface area is 209 Å². The summed E-state index contributed by atoms with van der Waals surface area (Å²) >= 11 is 5.84. The average Bonchev–Trinajstić information content (AvgIpc) is 2.86. The molecule has 3 aliphatic heterocycles. The second kappa shape index (κ2) is 11.1. The normalized spacial score (nSPS) is 20.5. The van der Waals surface area contributed by atoms with Crippen molar-refractivity contribution in [2.75, 3.05) is 64.8 Å². The van der Waals surface area contributed by atoms with Crippen LogP contribution in [0.5, 0.6) is 11.5 Å². The maximum Gasteiger partial charge on any atom is 0.288 e. The topological polar surface area (TPSA) is 92.5 Å². The highest BCUT2D eigenvalue weighted by Crippen LogP contribution is 2.42. The number of rotatable bonds is 8. The van der Waals surface area contributed by atoms with Crippen LogP contribution in [0.15, 0.2) is 18.3 Å². The third-order valence-electron chi connectivity index (χ3n) is 6.49. The predicted octanol–water partition coefficient (Wildman–Crippen LogP) is 2.89. The summed E-state index contributed by atoms with van der Waals surface area (Å²) in [5.74, 6) is 0.322. The van der Waals surface area contributed by atoms with E-state index in [2.05, 4.69) is 27.9 Å². The largest absolute Gasteiger partial charge is 0.493 e. The van der Waals surface area contributed by atoms with Crippen molar-refractivity contribution in [2.24, 2.45) is 0 Å². The smallest absolute Gasteiger partial charge is 0.288 e. The van der Waals surface area contributed by atoms with Crippen molar-refractivity contribution >= 4 is 28.2 Å². The Hall–Kier alpha value is -2.39. The van der Waals surface area contributed by atoms with Gasteiger partial charge in [-0.15, -0.1) is 5.23 Å². The zero-order chi connectivity index (χ0) is 24.2. The molecule has 0 bridgehead atoms. The molecule has 0 unspecified atom stereocenters. The van der Waals surface area contributed by atoms with Crippen LogP contribution in [0.2, 0.25) is 0 Å². The molecule has 0 atom stereocenters. The summed E-state index contributed by atoms with van der Waals surface area (Å²) in [6.45, 7) is 7.27. The number of anilines is 1. The molecular formula is C24H30ClN5O5. The number of piperazine rings is 1. The van der Waals surface area contributed by atoms with Gasteiger partial charge in [0.05, 0.1) is 36.3 Å². The van der Waals surface area contributed by atoms with Crippen LogP contribution in [-0.2, 0) is 14.4 Å². The molecule has 0 radical (unpaired) electrons. The fourth-order valence-electron chi connectivity index (χ4n) is 4.48. The van der Waals surface area contributed by atoms with Gasteiger partial charge in [-0.25, -0.2) is 0 Å². The standard InChI is InChI=1S/C24H30ClN5O5/c1-28-6-8-29(9-7-28)5-2-10-32-19-13-20-22(21(14-19)33-18-3-11-31-12-4-18)23(17(15-26)16-27-20)30-34-24(25)35-30/h13-14,16,18,24H,2-12H2,1H3. The molecule has 1 aromatic carbocycles. The lowest BCUT2D eigenvalue weighted by atomic mass is 10.1. The van der Waals surface area contributed by atoms with E-state index in [1.54, 1.807) is 0 Å². The molecule has 188 valence electrons. The van der Waals surface area contributed by atoms with E-state index in [9.17, 15) is 5.26 Å². The van der Waals surface area contributed by atoms with Gasteiger partial charge in [0, 0.05) is 63.9 Å². The Bertz CT molecular complexity index is 1060. The number of ether oxygens (including phenoxy) is 3. The van der Waals surface area contributed by atoms with Crippen LogP contribution in [0, 0.1) is 11.3 Å². The number of hydrogen-bond acceptors (Lipinski definition) is 10. The predicted molar refractivity (Wildman–Crippen MR) is 129 cm³/mol. The van der Waals surface area contributed by atoms with Gasteiger partial charge in [-0.3, -0.25) is 4.98 Å². The minimum absolute atomic E-state index is 0.0166. The Morgan fingerprint density at radius 2 is 1.94 bits per heavy atom. The minimum atomic E-state index is -0.910. The van der Waals surface area contributed by atoms with Crippen molar-refractivity contribution in [2.45, 2.75) is 31.1 Å². The molecule has 11 heteroatoms. The first-order chi connectivity index (χ1) is 17.1. The Morgan fingerprint density at radius 3 is 2.66 bits per heavy atom. The number of hydrogen-bond donors (Lipinski definition) is 0. The van der Waals surface area contributed by atoms with Crippen molar-refractivity contribution in [3.05, 3.63) is 23.9 Å². The Kier molecular flexibility index (Phi) is 7.72. The van der Waals surface area contributed by atoms with E-state index < -0.39 is 5.75 Å². The van der Waals surface area contributed by atoms with E-state index in [1.165, 1.54) is 6.20 Å². The molecule has 0 aliphatic carbocycles. The highest BCUT2D eigenvalue weighted by Gasteiger charge is 2.34. The molecule has 3 saturated heterocycles. The van der Waals surface area contributed by atoms with Crippen LogP contribution in [0.25, 0.3) is 10.9 Å². The lowest BCUT2D eigenvalue weighted by Crippen LogP contribution is -2.44. The van der Waals surface area contributed by atoms with Gasteiger partial charge in [0.1, 0.15) is 29.4 Å². The average molecular weight is 504 g/mol. The summed E-state index contributed by atoms with van der Waals surface area (Å²) in [6.07, 6.45) is 3.95. The Balaban J connectivity index is 1.37. The van der Waals surface area contributed by atoms with Crippen LogP contribution in [0.4, 0.5) is 5.69 Å². The maximum absolute atomic E-state index is 9.70. The lowest BCUT2D eigenvalue weighted by Gasteiger charge is -2.35. The van der Waals surface area contributed by atoms with Crippen LogP contribution in [-0.4, -0.2) is 86.2 Å². The van der Waals surface area contributed by atoms with E-state index in [-0.39, 0.29) is 6.10 Å². The van der Waals surface area contributed by atoms with Crippen LogP contribution in [0.1, 0.15) is 24.8 Å². The van der Waals surface area contributed by atoms with Crippen molar-refractivity contribution in [1.29, 1.82) is 5.26 Å². The summed E-state index contributed by atoms with van der Waals surface area (Å²) in [4.78, 5) is 20.1. The van der Waals surface area contributed by atoms with Gasteiger partial charge in [-0.1, -0.05) is 11.6 Å². The summed E-state index contributed by atoms with van der Waals surface area (Å²) in [7, 11) is 2.16. The van der Waals surface area contributed by atoms with Gasteiger partial charge in [0.15, 0.2) is 0 Å². The highest BCUT2D eigenvalue weighted by atomic mass is 35.5. The van der Waals surface area contributed by atoms with Gasteiger partial charge in [-0.05, 0) is 13.5 Å². The fraction of sp³-hybridized carbons (Fsp3) is 0.583. The summed E-state index contributed by atoms with van der Waals surface area (Å²) < 4.78 is 18.0. The molecule has 10 nitrogen and oxygen atoms in total. The molecule has 0 spiro atoms. The molecular weight excluding hydrogens is 474 g/mol. The molecule has 0 N–H and O–H groups in total. The number of alkyl halides is 1. The SMILES string of the molecule is CN1CCN(CCCOc2cc(OC3CCOCC3)c3c(N4OC(Cl)O4)c(C#N)cnc3c2)CC1. The number of nitriles is 1. The summed E-state index contributed by atoms with van der Waals surface area (Å²) in [5, 5.41) is 11.5. The summed E-state index contributed by atoms with van der Waals surface area (Å²) in [6, 6.07) is 5.86. The third kappa shape index (κ3) is 5.72. The van der Waals surface area contributed by atoms with Crippen molar-refractivity contribution in [1.82, 2.24) is 14.8 Å². The first-order valence-electron chi connectivity index (χ1n) is 12.0. The molecule has 3 aliphatic rings. The van der Waals surface area contributed by atoms with E-state index in [1.807, 2.05) is 12.1 Å². The third-order valence-corrected chi connectivity index (χ3v) is 6.64. The van der Waals surface area contributed by atoms with Crippen molar-refractivity contribution in [3.8, 4) is 17.6 Å².